The fraction of sp³-hybridized carbons (Fsp3) is 0.353. The number of nitrogens with zero attached hydrogens (tertiary/aromatic N) is 4. The first-order valence-corrected chi connectivity index (χ1v) is 8.86. The van der Waals surface area contributed by atoms with Crippen LogP contribution in [0.1, 0.15) is 6.42 Å². The van der Waals surface area contributed by atoms with Crippen molar-refractivity contribution in [3.8, 4) is 11.3 Å². The Balaban J connectivity index is 1.68. The van der Waals surface area contributed by atoms with Crippen LogP contribution in [0, 0.1) is 0 Å². The average molecular weight is 375 g/mol. The summed E-state index contributed by atoms with van der Waals surface area (Å²) in [5.74, 6) is 1.14. The van der Waals surface area contributed by atoms with E-state index in [9.17, 15) is 4.79 Å². The molecule has 0 unspecified atom stereocenters. The second-order valence-corrected chi connectivity index (χ2v) is 6.23. The van der Waals surface area contributed by atoms with Gasteiger partial charge in [-0.15, -0.1) is 0 Å². The molecule has 0 radical (unpaired) electrons. The van der Waals surface area contributed by atoms with Gasteiger partial charge in [0.15, 0.2) is 0 Å². The highest BCUT2D eigenvalue weighted by atomic mass is 79.9. The highest BCUT2D eigenvalue weighted by Crippen LogP contribution is 2.21. The Kier molecular flexibility index (Phi) is 5.23. The van der Waals surface area contributed by atoms with Crippen molar-refractivity contribution in [1.29, 1.82) is 0 Å². The van der Waals surface area contributed by atoms with Gasteiger partial charge in [-0.2, -0.15) is 0 Å². The molecule has 2 heterocycles. The molecule has 1 fully saturated rings. The number of carbonyl (C=O) groups excluding carboxylic acids is 1. The summed E-state index contributed by atoms with van der Waals surface area (Å²) in [6, 6.07) is 12.1. The lowest BCUT2D eigenvalue weighted by atomic mass is 10.1. The van der Waals surface area contributed by atoms with Crippen LogP contribution >= 0.6 is 15.9 Å². The predicted octanol–water partition coefficient (Wildman–Crippen LogP) is 2.58. The van der Waals surface area contributed by atoms with E-state index in [1.165, 1.54) is 0 Å². The molecular weight excluding hydrogens is 356 g/mol. The zero-order chi connectivity index (χ0) is 16.1. The quantitative estimate of drug-likeness (QED) is 0.771. The highest BCUT2D eigenvalue weighted by molar-refractivity contribution is 9.09. The van der Waals surface area contributed by atoms with Crippen LogP contribution in [0.15, 0.2) is 42.7 Å². The minimum atomic E-state index is 0.217. The van der Waals surface area contributed by atoms with Gasteiger partial charge in [0, 0.05) is 49.6 Å². The number of halogens is 1. The van der Waals surface area contributed by atoms with E-state index in [2.05, 4.69) is 30.8 Å². The lowest BCUT2D eigenvalue weighted by Gasteiger charge is -2.35. The van der Waals surface area contributed by atoms with Crippen molar-refractivity contribution in [2.24, 2.45) is 0 Å². The van der Waals surface area contributed by atoms with E-state index in [0.717, 1.165) is 48.6 Å². The normalized spacial score (nSPS) is 14.8. The molecule has 3 rings (SSSR count). The smallest absolute Gasteiger partial charge is 0.223 e. The van der Waals surface area contributed by atoms with E-state index in [1.54, 1.807) is 6.33 Å². The van der Waals surface area contributed by atoms with Crippen LogP contribution in [0.3, 0.4) is 0 Å². The second-order valence-electron chi connectivity index (χ2n) is 5.43. The molecule has 23 heavy (non-hydrogen) atoms. The molecule has 5 nitrogen and oxygen atoms in total. The number of amides is 1. The Bertz CT molecular complexity index is 657. The van der Waals surface area contributed by atoms with E-state index in [-0.39, 0.29) is 5.91 Å². The van der Waals surface area contributed by atoms with E-state index in [1.807, 2.05) is 41.3 Å². The van der Waals surface area contributed by atoms with Crippen LogP contribution in [0.5, 0.6) is 0 Å². The Hall–Kier alpha value is -1.95. The highest BCUT2D eigenvalue weighted by Gasteiger charge is 2.21. The molecule has 0 bridgehead atoms. The monoisotopic (exact) mass is 374 g/mol. The molecule has 1 aromatic carbocycles. The third-order valence-electron chi connectivity index (χ3n) is 3.99. The zero-order valence-electron chi connectivity index (χ0n) is 12.9. The number of rotatable bonds is 4. The number of alkyl halides is 1. The zero-order valence-corrected chi connectivity index (χ0v) is 14.4. The van der Waals surface area contributed by atoms with E-state index in [0.29, 0.717) is 6.42 Å². The van der Waals surface area contributed by atoms with E-state index >= 15 is 0 Å². The van der Waals surface area contributed by atoms with Gasteiger partial charge in [0.2, 0.25) is 5.91 Å². The van der Waals surface area contributed by atoms with Crippen molar-refractivity contribution in [3.05, 3.63) is 42.7 Å². The molecule has 2 aromatic rings. The van der Waals surface area contributed by atoms with Crippen molar-refractivity contribution >= 4 is 27.7 Å². The van der Waals surface area contributed by atoms with Crippen molar-refractivity contribution in [2.75, 3.05) is 36.4 Å². The SMILES string of the molecule is O=C(CCBr)N1CCN(c2cc(-c3ccccc3)ncn2)CC1. The van der Waals surface area contributed by atoms with Gasteiger partial charge in [0.05, 0.1) is 5.69 Å². The summed E-state index contributed by atoms with van der Waals surface area (Å²) in [4.78, 5) is 24.8. The summed E-state index contributed by atoms with van der Waals surface area (Å²) in [5.41, 5.74) is 2.01. The van der Waals surface area contributed by atoms with Crippen LogP contribution in [0.4, 0.5) is 5.82 Å². The van der Waals surface area contributed by atoms with Gasteiger partial charge in [-0.1, -0.05) is 46.3 Å². The summed E-state index contributed by atoms with van der Waals surface area (Å²) in [5, 5.41) is 0.721. The van der Waals surface area contributed by atoms with Gasteiger partial charge in [-0.25, -0.2) is 9.97 Å². The van der Waals surface area contributed by atoms with Gasteiger partial charge in [0.25, 0.3) is 0 Å². The van der Waals surface area contributed by atoms with Gasteiger partial charge in [0.1, 0.15) is 12.1 Å². The molecule has 0 aliphatic carbocycles. The van der Waals surface area contributed by atoms with Crippen molar-refractivity contribution in [1.82, 2.24) is 14.9 Å². The molecule has 0 saturated carbocycles. The third kappa shape index (κ3) is 3.88. The van der Waals surface area contributed by atoms with Gasteiger partial charge >= 0.3 is 0 Å². The molecular formula is C17H19BrN4O. The van der Waals surface area contributed by atoms with E-state index in [4.69, 9.17) is 0 Å². The topological polar surface area (TPSA) is 49.3 Å². The maximum Gasteiger partial charge on any atom is 0.223 e. The Morgan fingerprint density at radius 1 is 1.09 bits per heavy atom. The first kappa shape index (κ1) is 15.9. The Labute approximate surface area is 144 Å². The lowest BCUT2D eigenvalue weighted by Crippen LogP contribution is -2.49. The number of hydrogen-bond acceptors (Lipinski definition) is 4. The van der Waals surface area contributed by atoms with Crippen molar-refractivity contribution in [3.63, 3.8) is 0 Å². The van der Waals surface area contributed by atoms with Gasteiger partial charge < -0.3 is 9.80 Å². The summed E-state index contributed by atoms with van der Waals surface area (Å²) < 4.78 is 0. The van der Waals surface area contributed by atoms with Gasteiger partial charge in [-0.05, 0) is 0 Å². The minimum absolute atomic E-state index is 0.217. The summed E-state index contributed by atoms with van der Waals surface area (Å²) in [7, 11) is 0. The molecule has 0 spiro atoms. The number of benzene rings is 1. The fourth-order valence-corrected chi connectivity index (χ4v) is 3.05. The fourth-order valence-electron chi connectivity index (χ4n) is 2.71. The average Bonchev–Trinajstić information content (AvgIpc) is 2.63. The Morgan fingerprint density at radius 3 is 2.52 bits per heavy atom. The summed E-state index contributed by atoms with van der Waals surface area (Å²) in [6.45, 7) is 3.10. The van der Waals surface area contributed by atoms with Crippen molar-refractivity contribution in [2.45, 2.75) is 6.42 Å². The first-order chi connectivity index (χ1) is 11.3. The maximum absolute atomic E-state index is 11.9. The van der Waals surface area contributed by atoms with Gasteiger partial charge in [-0.3, -0.25) is 4.79 Å². The van der Waals surface area contributed by atoms with Crippen molar-refractivity contribution < 1.29 is 4.79 Å². The second kappa shape index (κ2) is 7.55. The van der Waals surface area contributed by atoms with Crippen LogP contribution < -0.4 is 4.90 Å². The maximum atomic E-state index is 11.9. The van der Waals surface area contributed by atoms with Crippen LogP contribution in [0.2, 0.25) is 0 Å². The standard InChI is InChI=1S/C17H19BrN4O/c18-7-6-17(23)22-10-8-21(9-11-22)16-12-15(19-13-20-16)14-4-2-1-3-5-14/h1-5,12-13H,6-11H2. The minimum Gasteiger partial charge on any atom is -0.353 e. The number of hydrogen-bond donors (Lipinski definition) is 0. The molecule has 1 amide bonds. The number of carbonyl (C=O) groups is 1. The predicted molar refractivity (Wildman–Crippen MR) is 94.7 cm³/mol. The summed E-state index contributed by atoms with van der Waals surface area (Å²) >= 11 is 3.32. The number of piperazine rings is 1. The molecule has 6 heteroatoms. The first-order valence-electron chi connectivity index (χ1n) is 7.74. The number of anilines is 1. The molecule has 1 saturated heterocycles. The molecule has 1 aliphatic rings. The lowest BCUT2D eigenvalue weighted by molar-refractivity contribution is -0.131. The molecule has 1 aromatic heterocycles. The van der Waals surface area contributed by atoms with E-state index < -0.39 is 0 Å². The number of aromatic nitrogens is 2. The van der Waals surface area contributed by atoms with Crippen LogP contribution in [0.25, 0.3) is 11.3 Å². The van der Waals surface area contributed by atoms with Crippen LogP contribution in [-0.2, 0) is 4.79 Å². The molecule has 0 N–H and O–H groups in total. The Morgan fingerprint density at radius 2 is 1.83 bits per heavy atom. The largest absolute Gasteiger partial charge is 0.353 e. The molecule has 120 valence electrons. The third-order valence-corrected chi connectivity index (χ3v) is 4.38. The molecule has 1 aliphatic heterocycles. The summed E-state index contributed by atoms with van der Waals surface area (Å²) in [6.07, 6.45) is 2.17. The van der Waals surface area contributed by atoms with Crippen LogP contribution in [-0.4, -0.2) is 52.3 Å². The molecule has 0 atom stereocenters.